The lowest BCUT2D eigenvalue weighted by molar-refractivity contribution is -0.131. The van der Waals surface area contributed by atoms with E-state index >= 15 is 0 Å². The van der Waals surface area contributed by atoms with Crippen LogP contribution in [0.4, 0.5) is 0 Å². The monoisotopic (exact) mass is 225 g/mol. The molecule has 0 amide bonds. The Labute approximate surface area is 98.1 Å². The summed E-state index contributed by atoms with van der Waals surface area (Å²) in [5.74, 6) is 0.800. The Morgan fingerprint density at radius 2 is 1.94 bits per heavy atom. The first kappa shape index (κ1) is 12.1. The van der Waals surface area contributed by atoms with Crippen molar-refractivity contribution in [3.8, 4) is 0 Å². The summed E-state index contributed by atoms with van der Waals surface area (Å²) in [5, 5.41) is 0. The maximum atomic E-state index is 12.0. The van der Waals surface area contributed by atoms with Gasteiger partial charge in [-0.2, -0.15) is 0 Å². The molecule has 2 aliphatic rings. The van der Waals surface area contributed by atoms with E-state index in [1.165, 1.54) is 0 Å². The molecule has 3 heteroatoms. The van der Waals surface area contributed by atoms with E-state index in [1.807, 2.05) is 0 Å². The number of likely N-dealkylation sites (N-methyl/N-ethyl adjacent to an activating group) is 1. The summed E-state index contributed by atoms with van der Waals surface area (Å²) in [4.78, 5) is 14.4. The van der Waals surface area contributed by atoms with Crippen LogP contribution in [0.15, 0.2) is 0 Å². The Kier molecular flexibility index (Phi) is 3.98. The van der Waals surface area contributed by atoms with Gasteiger partial charge in [0.05, 0.1) is 13.2 Å². The molecule has 2 fully saturated rings. The van der Waals surface area contributed by atoms with E-state index in [1.54, 1.807) is 0 Å². The first-order chi connectivity index (χ1) is 7.72. The van der Waals surface area contributed by atoms with Gasteiger partial charge in [-0.25, -0.2) is 0 Å². The van der Waals surface area contributed by atoms with Crippen LogP contribution in [0.1, 0.15) is 39.0 Å². The second-order valence-corrected chi connectivity index (χ2v) is 5.25. The average molecular weight is 225 g/mol. The predicted molar refractivity (Wildman–Crippen MR) is 63.4 cm³/mol. The molecule has 92 valence electrons. The number of fused-ring (bicyclic) bond motifs is 2. The van der Waals surface area contributed by atoms with Gasteiger partial charge in [0, 0.05) is 24.4 Å². The maximum absolute atomic E-state index is 12.0. The Morgan fingerprint density at radius 1 is 1.31 bits per heavy atom. The van der Waals surface area contributed by atoms with Crippen molar-refractivity contribution in [2.24, 2.45) is 5.92 Å². The molecule has 0 radical (unpaired) electrons. The van der Waals surface area contributed by atoms with E-state index < -0.39 is 0 Å². The average Bonchev–Trinajstić information content (AvgIpc) is 2.25. The Morgan fingerprint density at radius 3 is 2.50 bits per heavy atom. The summed E-state index contributed by atoms with van der Waals surface area (Å²) in [5.41, 5.74) is 0. The number of rotatable bonds is 4. The lowest BCUT2D eigenvalue weighted by atomic mass is 9.81. The van der Waals surface area contributed by atoms with Gasteiger partial charge in [0.25, 0.3) is 0 Å². The molecule has 0 N–H and O–H groups in total. The van der Waals surface area contributed by atoms with E-state index in [2.05, 4.69) is 18.9 Å². The van der Waals surface area contributed by atoms with Crippen molar-refractivity contribution in [2.45, 2.75) is 51.1 Å². The second kappa shape index (κ2) is 5.28. The van der Waals surface area contributed by atoms with Gasteiger partial charge in [0.15, 0.2) is 0 Å². The fourth-order valence-electron chi connectivity index (χ4n) is 2.91. The van der Waals surface area contributed by atoms with Crippen LogP contribution in [-0.4, -0.2) is 43.0 Å². The Balaban J connectivity index is 1.91. The number of morpholine rings is 1. The van der Waals surface area contributed by atoms with Crippen LogP contribution in [-0.2, 0) is 9.53 Å². The number of unbranched alkanes of at least 4 members (excludes halogenated alkanes) is 1. The lowest BCUT2D eigenvalue weighted by Crippen LogP contribution is -2.55. The molecular weight excluding hydrogens is 202 g/mol. The van der Waals surface area contributed by atoms with Crippen molar-refractivity contribution in [3.63, 3.8) is 0 Å². The van der Waals surface area contributed by atoms with Gasteiger partial charge in [-0.1, -0.05) is 13.3 Å². The molecule has 2 rings (SSSR count). The van der Waals surface area contributed by atoms with Crippen molar-refractivity contribution >= 4 is 5.78 Å². The van der Waals surface area contributed by atoms with E-state index in [0.29, 0.717) is 23.8 Å². The standard InChI is InChI=1S/C13H23NO2/c1-3-4-5-13(15)10-6-11-8-16-9-12(7-10)14(11)2/h10-12H,3-9H2,1-2H3. The molecule has 2 bridgehead atoms. The van der Waals surface area contributed by atoms with Crippen LogP contribution in [0.2, 0.25) is 0 Å². The quantitative estimate of drug-likeness (QED) is 0.731. The summed E-state index contributed by atoms with van der Waals surface area (Å²) in [7, 11) is 2.17. The van der Waals surface area contributed by atoms with Crippen molar-refractivity contribution in [2.75, 3.05) is 20.3 Å². The number of carbonyl (C=O) groups excluding carboxylic acids is 1. The van der Waals surface area contributed by atoms with Crippen molar-refractivity contribution in [3.05, 3.63) is 0 Å². The summed E-state index contributed by atoms with van der Waals surface area (Å²) >= 11 is 0. The van der Waals surface area contributed by atoms with Crippen LogP contribution in [0, 0.1) is 5.92 Å². The molecule has 0 spiro atoms. The predicted octanol–water partition coefficient (Wildman–Crippen LogP) is 1.85. The van der Waals surface area contributed by atoms with Gasteiger partial charge in [-0.3, -0.25) is 9.69 Å². The highest BCUT2D eigenvalue weighted by molar-refractivity contribution is 5.81. The van der Waals surface area contributed by atoms with E-state index in [-0.39, 0.29) is 0 Å². The summed E-state index contributed by atoms with van der Waals surface area (Å²) in [6, 6.07) is 0.950. The Bertz CT molecular complexity index is 240. The van der Waals surface area contributed by atoms with Crippen molar-refractivity contribution in [1.82, 2.24) is 4.90 Å². The minimum Gasteiger partial charge on any atom is -0.378 e. The molecule has 0 aromatic carbocycles. The van der Waals surface area contributed by atoms with Crippen LogP contribution in [0.25, 0.3) is 0 Å². The molecule has 2 aliphatic heterocycles. The molecule has 2 atom stereocenters. The van der Waals surface area contributed by atoms with Crippen LogP contribution < -0.4 is 0 Å². The molecule has 2 heterocycles. The van der Waals surface area contributed by atoms with Crippen LogP contribution in [0.5, 0.6) is 0 Å². The lowest BCUT2D eigenvalue weighted by Gasteiger charge is -2.46. The maximum Gasteiger partial charge on any atom is 0.136 e. The fraction of sp³-hybridized carbons (Fsp3) is 0.923. The first-order valence-corrected chi connectivity index (χ1v) is 6.54. The summed E-state index contributed by atoms with van der Waals surface area (Å²) in [6.45, 7) is 3.76. The molecule has 0 saturated carbocycles. The third-order valence-corrected chi connectivity index (χ3v) is 4.12. The zero-order valence-corrected chi connectivity index (χ0v) is 10.4. The summed E-state index contributed by atoms with van der Waals surface area (Å²) < 4.78 is 5.56. The highest BCUT2D eigenvalue weighted by atomic mass is 16.5. The van der Waals surface area contributed by atoms with Gasteiger partial charge < -0.3 is 4.74 Å². The van der Waals surface area contributed by atoms with Crippen molar-refractivity contribution < 1.29 is 9.53 Å². The number of nitrogens with zero attached hydrogens (tertiary/aromatic N) is 1. The van der Waals surface area contributed by atoms with Gasteiger partial charge in [0.2, 0.25) is 0 Å². The van der Waals surface area contributed by atoms with Crippen LogP contribution >= 0.6 is 0 Å². The third-order valence-electron chi connectivity index (χ3n) is 4.12. The largest absolute Gasteiger partial charge is 0.378 e. The highest BCUT2D eigenvalue weighted by Gasteiger charge is 2.38. The number of Topliss-reactive ketones (excluding diaryl/α,β-unsaturated/α-hetero) is 1. The van der Waals surface area contributed by atoms with Crippen molar-refractivity contribution in [1.29, 1.82) is 0 Å². The third kappa shape index (κ3) is 2.46. The topological polar surface area (TPSA) is 29.5 Å². The number of ether oxygens (including phenoxy) is 1. The van der Waals surface area contributed by atoms with Gasteiger partial charge >= 0.3 is 0 Å². The summed E-state index contributed by atoms with van der Waals surface area (Å²) in [6.07, 6.45) is 4.97. The fourth-order valence-corrected chi connectivity index (χ4v) is 2.91. The minimum atomic E-state index is 0.307. The van der Waals surface area contributed by atoms with Gasteiger partial charge in [0.1, 0.15) is 5.78 Å². The second-order valence-electron chi connectivity index (χ2n) is 5.25. The highest BCUT2D eigenvalue weighted by Crippen LogP contribution is 2.31. The minimum absolute atomic E-state index is 0.307. The number of hydrogen-bond acceptors (Lipinski definition) is 3. The van der Waals surface area contributed by atoms with E-state index in [0.717, 1.165) is 45.3 Å². The molecule has 0 aliphatic carbocycles. The first-order valence-electron chi connectivity index (χ1n) is 6.54. The Hall–Kier alpha value is -0.410. The number of ketones is 1. The van der Waals surface area contributed by atoms with Gasteiger partial charge in [-0.05, 0) is 26.3 Å². The molecule has 0 aromatic rings. The zero-order chi connectivity index (χ0) is 11.5. The van der Waals surface area contributed by atoms with E-state index in [9.17, 15) is 4.79 Å². The van der Waals surface area contributed by atoms with Gasteiger partial charge in [-0.15, -0.1) is 0 Å². The molecular formula is C13H23NO2. The molecule has 0 aromatic heterocycles. The number of piperidine rings is 1. The number of hydrogen-bond donors (Lipinski definition) is 0. The molecule has 16 heavy (non-hydrogen) atoms. The number of carbonyl (C=O) groups is 1. The van der Waals surface area contributed by atoms with Crippen LogP contribution in [0.3, 0.4) is 0 Å². The molecule has 2 unspecified atom stereocenters. The molecule has 2 saturated heterocycles. The zero-order valence-electron chi connectivity index (χ0n) is 10.4. The SMILES string of the molecule is CCCCC(=O)C1CC2COCC(C1)N2C. The smallest absolute Gasteiger partial charge is 0.136 e. The normalized spacial score (nSPS) is 35.0. The molecule has 3 nitrogen and oxygen atoms in total. The van der Waals surface area contributed by atoms with E-state index in [4.69, 9.17) is 4.74 Å².